The van der Waals surface area contributed by atoms with Crippen molar-refractivity contribution in [3.05, 3.63) is 87.9 Å². The van der Waals surface area contributed by atoms with Gasteiger partial charge in [0.15, 0.2) is 0 Å². The maximum Gasteiger partial charge on any atom is 0.417 e. The fourth-order valence-electron chi connectivity index (χ4n) is 4.71. The number of carboxylic acid groups (broad SMARTS) is 1. The molecule has 218 valence electrons. The first kappa shape index (κ1) is 30.8. The minimum absolute atomic E-state index is 0.0522. The number of carbonyl (C=O) groups is 2. The van der Waals surface area contributed by atoms with E-state index in [-0.39, 0.29) is 32.4 Å². The molecule has 1 amide bonds. The van der Waals surface area contributed by atoms with Gasteiger partial charge in [-0.2, -0.15) is 17.5 Å². The molecule has 0 aromatic heterocycles. The molecule has 7 nitrogen and oxygen atoms in total. The lowest BCUT2D eigenvalue weighted by Crippen LogP contribution is -2.50. The van der Waals surface area contributed by atoms with Crippen LogP contribution >= 0.6 is 23.2 Å². The fourth-order valence-corrected chi connectivity index (χ4v) is 6.96. The Morgan fingerprint density at radius 2 is 1.73 bits per heavy atom. The van der Waals surface area contributed by atoms with Gasteiger partial charge in [-0.1, -0.05) is 65.7 Å². The van der Waals surface area contributed by atoms with Crippen LogP contribution in [0.4, 0.5) is 13.2 Å². The molecule has 4 rings (SSSR count). The minimum Gasteiger partial charge on any atom is -0.480 e. The number of nitrogens with one attached hydrogen (secondary N) is 1. The quantitative estimate of drug-likeness (QED) is 0.324. The van der Waals surface area contributed by atoms with Crippen LogP contribution in [0.1, 0.15) is 24.0 Å². The van der Waals surface area contributed by atoms with E-state index in [1.807, 2.05) is 0 Å². The number of benzene rings is 3. The summed E-state index contributed by atoms with van der Waals surface area (Å²) in [5.41, 5.74) is 0.840. The van der Waals surface area contributed by atoms with Gasteiger partial charge in [-0.15, -0.1) is 0 Å². The molecule has 1 aliphatic heterocycles. The Hall–Kier alpha value is -3.12. The van der Waals surface area contributed by atoms with Crippen LogP contribution in [0.5, 0.6) is 0 Å². The molecule has 1 heterocycles. The van der Waals surface area contributed by atoms with Gasteiger partial charge < -0.3 is 10.4 Å². The van der Waals surface area contributed by atoms with Crippen molar-refractivity contribution in [2.75, 3.05) is 13.1 Å². The van der Waals surface area contributed by atoms with Crippen LogP contribution in [0.3, 0.4) is 0 Å². The summed E-state index contributed by atoms with van der Waals surface area (Å²) in [7, 11) is -4.57. The number of carboxylic acids is 1. The van der Waals surface area contributed by atoms with E-state index in [9.17, 15) is 36.3 Å². The Balaban J connectivity index is 1.45. The smallest absolute Gasteiger partial charge is 0.417 e. The van der Waals surface area contributed by atoms with Crippen LogP contribution in [-0.4, -0.2) is 48.8 Å². The van der Waals surface area contributed by atoms with Crippen molar-refractivity contribution < 1.29 is 36.3 Å². The lowest BCUT2D eigenvalue weighted by atomic mass is 9.97. The third-order valence-electron chi connectivity index (χ3n) is 6.82. The lowest BCUT2D eigenvalue weighted by molar-refractivity contribution is -0.142. The number of hydrogen-bond acceptors (Lipinski definition) is 4. The first-order valence-electron chi connectivity index (χ1n) is 12.5. The van der Waals surface area contributed by atoms with Crippen molar-refractivity contribution in [3.8, 4) is 11.1 Å². The number of alkyl halides is 3. The largest absolute Gasteiger partial charge is 0.480 e. The summed E-state index contributed by atoms with van der Waals surface area (Å²) in [5.74, 6) is -2.92. The van der Waals surface area contributed by atoms with E-state index in [4.69, 9.17) is 23.2 Å². The lowest BCUT2D eigenvalue weighted by Gasteiger charge is -2.32. The summed E-state index contributed by atoms with van der Waals surface area (Å²) < 4.78 is 67.6. The topological polar surface area (TPSA) is 104 Å². The van der Waals surface area contributed by atoms with E-state index in [1.165, 1.54) is 6.07 Å². The van der Waals surface area contributed by atoms with E-state index < -0.39 is 50.5 Å². The highest BCUT2D eigenvalue weighted by Crippen LogP contribution is 2.36. The van der Waals surface area contributed by atoms with Crippen LogP contribution in [0.15, 0.2) is 71.6 Å². The Labute approximate surface area is 244 Å². The Bertz CT molecular complexity index is 1550. The molecule has 1 saturated heterocycles. The predicted octanol–water partition coefficient (Wildman–Crippen LogP) is 5.89. The summed E-state index contributed by atoms with van der Waals surface area (Å²) >= 11 is 12.2. The van der Waals surface area contributed by atoms with Crippen molar-refractivity contribution in [3.63, 3.8) is 0 Å². The molecule has 0 aliphatic carbocycles. The molecule has 0 spiro atoms. The number of aliphatic carboxylic acids is 1. The van der Waals surface area contributed by atoms with Gasteiger partial charge in [0, 0.05) is 35.1 Å². The Morgan fingerprint density at radius 1 is 1.05 bits per heavy atom. The molecule has 1 aliphatic rings. The Morgan fingerprint density at radius 3 is 2.37 bits per heavy atom. The third kappa shape index (κ3) is 7.21. The van der Waals surface area contributed by atoms with E-state index in [0.717, 1.165) is 27.6 Å². The van der Waals surface area contributed by atoms with E-state index in [2.05, 4.69) is 5.32 Å². The van der Waals surface area contributed by atoms with Crippen molar-refractivity contribution >= 4 is 45.1 Å². The number of piperidine rings is 1. The zero-order valence-electron chi connectivity index (χ0n) is 21.4. The molecule has 0 radical (unpaired) electrons. The molecule has 3 aromatic rings. The number of hydrogen-bond donors (Lipinski definition) is 2. The van der Waals surface area contributed by atoms with Crippen LogP contribution in [0.25, 0.3) is 11.1 Å². The number of rotatable bonds is 8. The summed E-state index contributed by atoms with van der Waals surface area (Å²) in [4.78, 5) is 24.1. The molecule has 0 saturated carbocycles. The molecule has 1 unspecified atom stereocenters. The van der Waals surface area contributed by atoms with Crippen molar-refractivity contribution in [2.45, 2.75) is 36.4 Å². The van der Waals surface area contributed by atoms with Gasteiger partial charge >= 0.3 is 12.1 Å². The maximum atomic E-state index is 13.5. The van der Waals surface area contributed by atoms with Gasteiger partial charge in [0.2, 0.25) is 15.9 Å². The molecule has 0 bridgehead atoms. The van der Waals surface area contributed by atoms with Gasteiger partial charge in [0.05, 0.1) is 16.4 Å². The number of halogens is 5. The molecular weight excluding hydrogens is 604 g/mol. The standard InChI is InChI=1S/C28H25Cl2F3N2O5S/c29-20-11-12-21(23(30)15-20)18-9-7-17(8-10-18)14-24(27(37)38)34-26(36)19-4-3-13-35(16-19)41(39,40)25-6-2-1-5-22(25)28(31,32)33/h1-2,5-12,15,19,24H,3-4,13-14,16H2,(H,34,36)(H,37,38)/t19?,24-/m0/s1. The molecule has 1 fully saturated rings. The zero-order chi connectivity index (χ0) is 29.9. The number of nitrogens with zero attached hydrogens (tertiary/aromatic N) is 1. The van der Waals surface area contributed by atoms with E-state index in [1.54, 1.807) is 42.5 Å². The summed E-state index contributed by atoms with van der Waals surface area (Å²) in [6.45, 7) is -0.437. The second-order valence-corrected chi connectivity index (χ2v) is 12.4. The predicted molar refractivity (Wildman–Crippen MR) is 148 cm³/mol. The van der Waals surface area contributed by atoms with E-state index >= 15 is 0 Å². The average Bonchev–Trinajstić information content (AvgIpc) is 2.93. The van der Waals surface area contributed by atoms with Gasteiger partial charge in [-0.05, 0) is 48.2 Å². The molecule has 3 aromatic carbocycles. The van der Waals surface area contributed by atoms with Gasteiger partial charge in [0.1, 0.15) is 6.04 Å². The maximum absolute atomic E-state index is 13.5. The molecule has 13 heteroatoms. The number of carbonyl (C=O) groups excluding carboxylic acids is 1. The fraction of sp³-hybridized carbons (Fsp3) is 0.286. The minimum atomic E-state index is -4.88. The summed E-state index contributed by atoms with van der Waals surface area (Å²) in [5, 5.41) is 13.2. The average molecular weight is 629 g/mol. The number of sulfonamides is 1. The zero-order valence-corrected chi connectivity index (χ0v) is 23.7. The van der Waals surface area contributed by atoms with Crippen LogP contribution in [0, 0.1) is 5.92 Å². The van der Waals surface area contributed by atoms with E-state index in [0.29, 0.717) is 21.7 Å². The highest BCUT2D eigenvalue weighted by atomic mass is 35.5. The molecule has 41 heavy (non-hydrogen) atoms. The summed E-state index contributed by atoms with van der Waals surface area (Å²) in [6, 6.07) is 14.5. The van der Waals surface area contributed by atoms with Crippen molar-refractivity contribution in [1.29, 1.82) is 0 Å². The van der Waals surface area contributed by atoms with Gasteiger partial charge in [-0.25, -0.2) is 13.2 Å². The van der Waals surface area contributed by atoms with Crippen molar-refractivity contribution in [1.82, 2.24) is 9.62 Å². The van der Waals surface area contributed by atoms with Crippen LogP contribution in [0.2, 0.25) is 10.0 Å². The monoisotopic (exact) mass is 628 g/mol. The highest BCUT2D eigenvalue weighted by molar-refractivity contribution is 7.89. The van der Waals surface area contributed by atoms with Crippen molar-refractivity contribution in [2.24, 2.45) is 5.92 Å². The third-order valence-corrected chi connectivity index (χ3v) is 9.29. The first-order valence-corrected chi connectivity index (χ1v) is 14.7. The SMILES string of the molecule is O=C(N[C@@H](Cc1ccc(-c2ccc(Cl)cc2Cl)cc1)C(=O)O)C1CCCN(S(=O)(=O)c2ccccc2C(F)(F)F)C1. The van der Waals surface area contributed by atoms with Crippen LogP contribution < -0.4 is 5.32 Å². The first-order chi connectivity index (χ1) is 19.3. The Kier molecular flexibility index (Phi) is 9.32. The number of amides is 1. The summed E-state index contributed by atoms with van der Waals surface area (Å²) in [6.07, 6.45) is -4.47. The van der Waals surface area contributed by atoms with Gasteiger partial charge in [0.25, 0.3) is 0 Å². The molecule has 2 N–H and O–H groups in total. The second kappa shape index (κ2) is 12.4. The molecular formula is C28H25Cl2F3N2O5S. The highest BCUT2D eigenvalue weighted by Gasteiger charge is 2.41. The van der Waals surface area contributed by atoms with Crippen LogP contribution in [-0.2, 0) is 32.2 Å². The second-order valence-electron chi connectivity index (χ2n) is 9.62. The molecule has 2 atom stereocenters. The normalized spacial score (nSPS) is 17.1. The van der Waals surface area contributed by atoms with Gasteiger partial charge in [-0.3, -0.25) is 4.79 Å².